The van der Waals surface area contributed by atoms with E-state index in [2.05, 4.69) is 0 Å². The molecule has 1 aliphatic heterocycles. The molecule has 0 N–H and O–H groups in total. The zero-order chi connectivity index (χ0) is 21.0. The molecule has 0 radical (unpaired) electrons. The maximum Gasteiger partial charge on any atom is 0.263 e. The quantitative estimate of drug-likeness (QED) is 0.715. The zero-order valence-corrected chi connectivity index (χ0v) is 17.4. The first-order chi connectivity index (χ1) is 13.9. The van der Waals surface area contributed by atoms with Gasteiger partial charge < -0.3 is 14.5 Å². The molecular weight excluding hydrogens is 418 g/mol. The smallest absolute Gasteiger partial charge is 0.263 e. The first-order valence-corrected chi connectivity index (χ1v) is 10.1. The van der Waals surface area contributed by atoms with Crippen molar-refractivity contribution in [3.05, 3.63) is 63.9 Å². The molecule has 29 heavy (non-hydrogen) atoms. The molecule has 5 nitrogen and oxygen atoms in total. The second kappa shape index (κ2) is 9.46. The lowest BCUT2D eigenvalue weighted by Crippen LogP contribution is -2.43. The number of benzene rings is 2. The van der Waals surface area contributed by atoms with Gasteiger partial charge in [0.15, 0.2) is 6.10 Å². The minimum atomic E-state index is -0.764. The van der Waals surface area contributed by atoms with Gasteiger partial charge in [0, 0.05) is 26.2 Å². The SMILES string of the molecule is CC(Oc1cccc(Cl)c1Cl)C(=O)N1CCCN(C(=O)c2ccccc2F)CC1. The molecule has 154 valence electrons. The van der Waals surface area contributed by atoms with E-state index in [0.29, 0.717) is 43.4 Å². The molecule has 3 rings (SSSR count). The molecule has 1 fully saturated rings. The predicted octanol–water partition coefficient (Wildman–Crippen LogP) is 4.27. The largest absolute Gasteiger partial charge is 0.479 e. The Morgan fingerprint density at radius 2 is 1.69 bits per heavy atom. The van der Waals surface area contributed by atoms with Crippen LogP contribution in [-0.4, -0.2) is 53.9 Å². The summed E-state index contributed by atoms with van der Waals surface area (Å²) in [6, 6.07) is 10.9. The highest BCUT2D eigenvalue weighted by atomic mass is 35.5. The van der Waals surface area contributed by atoms with Gasteiger partial charge in [-0.25, -0.2) is 4.39 Å². The van der Waals surface area contributed by atoms with E-state index in [1.807, 2.05) is 0 Å². The first kappa shape index (κ1) is 21.4. The van der Waals surface area contributed by atoms with Crippen LogP contribution in [0.3, 0.4) is 0 Å². The van der Waals surface area contributed by atoms with E-state index in [4.69, 9.17) is 27.9 Å². The van der Waals surface area contributed by atoms with Crippen LogP contribution in [0, 0.1) is 5.82 Å². The molecule has 1 aliphatic rings. The van der Waals surface area contributed by atoms with E-state index >= 15 is 0 Å². The van der Waals surface area contributed by atoms with Crippen LogP contribution >= 0.6 is 23.2 Å². The average molecular weight is 439 g/mol. The fourth-order valence-electron chi connectivity index (χ4n) is 3.22. The molecule has 1 heterocycles. The molecule has 2 aromatic rings. The maximum atomic E-state index is 13.9. The topological polar surface area (TPSA) is 49.9 Å². The van der Waals surface area contributed by atoms with Gasteiger partial charge in [-0.1, -0.05) is 41.4 Å². The number of carbonyl (C=O) groups is 2. The number of nitrogens with zero attached hydrogens (tertiary/aromatic N) is 2. The molecule has 1 unspecified atom stereocenters. The van der Waals surface area contributed by atoms with Crippen molar-refractivity contribution in [3.63, 3.8) is 0 Å². The Morgan fingerprint density at radius 1 is 1.00 bits per heavy atom. The third-order valence-electron chi connectivity index (χ3n) is 4.77. The van der Waals surface area contributed by atoms with Crippen LogP contribution in [0.25, 0.3) is 0 Å². The average Bonchev–Trinajstić information content (AvgIpc) is 2.97. The summed E-state index contributed by atoms with van der Waals surface area (Å²) in [7, 11) is 0. The molecule has 0 aromatic heterocycles. The van der Waals surface area contributed by atoms with Gasteiger partial charge in [0.25, 0.3) is 11.8 Å². The van der Waals surface area contributed by atoms with Crippen molar-refractivity contribution in [2.45, 2.75) is 19.4 Å². The van der Waals surface area contributed by atoms with Crippen molar-refractivity contribution in [2.75, 3.05) is 26.2 Å². The van der Waals surface area contributed by atoms with E-state index in [1.54, 1.807) is 47.1 Å². The first-order valence-electron chi connectivity index (χ1n) is 9.31. The van der Waals surface area contributed by atoms with Crippen molar-refractivity contribution in [2.24, 2.45) is 0 Å². The second-order valence-electron chi connectivity index (χ2n) is 6.76. The highest BCUT2D eigenvalue weighted by Gasteiger charge is 2.27. The Morgan fingerprint density at radius 3 is 2.45 bits per heavy atom. The summed E-state index contributed by atoms with van der Waals surface area (Å²) in [5.41, 5.74) is 0.0413. The van der Waals surface area contributed by atoms with Crippen molar-refractivity contribution in [3.8, 4) is 5.75 Å². The predicted molar refractivity (Wildman–Crippen MR) is 110 cm³/mol. The Bertz CT molecular complexity index is 909. The van der Waals surface area contributed by atoms with Gasteiger partial charge in [0.05, 0.1) is 10.6 Å². The molecule has 2 aromatic carbocycles. The van der Waals surface area contributed by atoms with Crippen molar-refractivity contribution >= 4 is 35.0 Å². The number of halogens is 3. The van der Waals surface area contributed by atoms with Crippen LogP contribution in [0.2, 0.25) is 10.0 Å². The third kappa shape index (κ3) is 5.00. The van der Waals surface area contributed by atoms with Crippen LogP contribution in [-0.2, 0) is 4.79 Å². The normalized spacial score (nSPS) is 15.6. The maximum absolute atomic E-state index is 13.9. The van der Waals surface area contributed by atoms with E-state index in [9.17, 15) is 14.0 Å². The molecule has 2 amide bonds. The van der Waals surface area contributed by atoms with E-state index in [-0.39, 0.29) is 22.4 Å². The summed E-state index contributed by atoms with van der Waals surface area (Å²) in [4.78, 5) is 28.7. The summed E-state index contributed by atoms with van der Waals surface area (Å²) < 4.78 is 19.6. The van der Waals surface area contributed by atoms with Gasteiger partial charge in [-0.2, -0.15) is 0 Å². The minimum Gasteiger partial charge on any atom is -0.479 e. The Kier molecular flexibility index (Phi) is 6.98. The summed E-state index contributed by atoms with van der Waals surface area (Å²) in [5, 5.41) is 0.604. The number of rotatable bonds is 4. The number of hydrogen-bond donors (Lipinski definition) is 0. The van der Waals surface area contributed by atoms with Gasteiger partial charge in [-0.05, 0) is 37.6 Å². The van der Waals surface area contributed by atoms with Crippen LogP contribution in [0.5, 0.6) is 5.75 Å². The number of amides is 2. The Labute approximate surface area is 178 Å². The molecule has 0 spiro atoms. The van der Waals surface area contributed by atoms with Crippen LogP contribution in [0.15, 0.2) is 42.5 Å². The second-order valence-corrected chi connectivity index (χ2v) is 7.55. The van der Waals surface area contributed by atoms with E-state index in [0.717, 1.165) is 0 Å². The molecule has 0 aliphatic carbocycles. The zero-order valence-electron chi connectivity index (χ0n) is 15.9. The van der Waals surface area contributed by atoms with E-state index in [1.165, 1.54) is 12.1 Å². The monoisotopic (exact) mass is 438 g/mol. The van der Waals surface area contributed by atoms with Crippen LogP contribution in [0.4, 0.5) is 4.39 Å². The lowest BCUT2D eigenvalue weighted by molar-refractivity contribution is -0.137. The van der Waals surface area contributed by atoms with Gasteiger partial charge >= 0.3 is 0 Å². The van der Waals surface area contributed by atoms with E-state index < -0.39 is 11.9 Å². The van der Waals surface area contributed by atoms with Gasteiger partial charge in [-0.15, -0.1) is 0 Å². The van der Waals surface area contributed by atoms with Gasteiger partial charge in [0.1, 0.15) is 16.6 Å². The fraction of sp³-hybridized carbons (Fsp3) is 0.333. The molecular formula is C21H21Cl2FN2O3. The number of hydrogen-bond acceptors (Lipinski definition) is 3. The van der Waals surface area contributed by atoms with Crippen LogP contribution in [0.1, 0.15) is 23.7 Å². The Balaban J connectivity index is 1.62. The summed E-state index contributed by atoms with van der Waals surface area (Å²) in [6.45, 7) is 3.25. The lowest BCUT2D eigenvalue weighted by Gasteiger charge is -2.25. The third-order valence-corrected chi connectivity index (χ3v) is 5.57. The standard InChI is InChI=1S/C21H21Cl2FN2O3/c1-14(29-18-9-4-7-16(22)19(18)23)20(27)25-10-5-11-26(13-12-25)21(28)15-6-2-3-8-17(15)24/h2-4,6-9,14H,5,10-13H2,1H3. The molecule has 0 saturated carbocycles. The molecule has 0 bridgehead atoms. The van der Waals surface area contributed by atoms with Crippen molar-refractivity contribution in [1.82, 2.24) is 9.80 Å². The molecule has 8 heteroatoms. The summed E-state index contributed by atoms with van der Waals surface area (Å²) in [6.07, 6.45) is -0.170. The summed E-state index contributed by atoms with van der Waals surface area (Å²) >= 11 is 12.1. The van der Waals surface area contributed by atoms with Gasteiger partial charge in [-0.3, -0.25) is 9.59 Å². The molecule has 1 saturated heterocycles. The highest BCUT2D eigenvalue weighted by molar-refractivity contribution is 6.42. The summed E-state index contributed by atoms with van der Waals surface area (Å²) in [5.74, 6) is -0.782. The molecule has 1 atom stereocenters. The van der Waals surface area contributed by atoms with Crippen LogP contribution < -0.4 is 4.74 Å². The lowest BCUT2D eigenvalue weighted by atomic mass is 10.2. The van der Waals surface area contributed by atoms with Crippen molar-refractivity contribution in [1.29, 1.82) is 0 Å². The van der Waals surface area contributed by atoms with Gasteiger partial charge in [0.2, 0.25) is 0 Å². The number of ether oxygens (including phenoxy) is 1. The Hall–Kier alpha value is -2.31. The highest BCUT2D eigenvalue weighted by Crippen LogP contribution is 2.32. The number of carbonyl (C=O) groups excluding carboxylic acids is 2. The fourth-order valence-corrected chi connectivity index (χ4v) is 3.56. The van der Waals surface area contributed by atoms with Crippen molar-refractivity contribution < 1.29 is 18.7 Å². The minimum absolute atomic E-state index is 0.0413.